The largest absolute Gasteiger partial charge is 0.500 e. The Morgan fingerprint density at radius 2 is 2.10 bits per heavy atom. The Morgan fingerprint density at radius 3 is 2.57 bits per heavy atom. The standard InChI is InChI=1S/C15H22O5S/c1-14(13(17)19-3)7-10-9(6-11(14)18-2)12(16)15(10,20-4)8-21-5/h6,9-10H,7-8H2,1-5H3/t9-,10+,14+,15+/m1/s1. The number of esters is 1. The van der Waals surface area contributed by atoms with Gasteiger partial charge in [0.2, 0.25) is 0 Å². The molecular weight excluding hydrogens is 292 g/mol. The SMILES string of the molecule is COC(=O)[C@@]1(C)C[C@H]2[C@@H](C=C1OC)C(=O)[C@@]2(CSC)OC. The van der Waals surface area contributed by atoms with Crippen molar-refractivity contribution < 1.29 is 23.8 Å². The second-order valence-corrected chi connectivity index (χ2v) is 6.65. The third-order valence-electron chi connectivity index (χ3n) is 4.83. The summed E-state index contributed by atoms with van der Waals surface area (Å²) in [6.07, 6.45) is 4.20. The summed E-state index contributed by atoms with van der Waals surface area (Å²) in [6, 6.07) is 0. The topological polar surface area (TPSA) is 61.8 Å². The highest BCUT2D eigenvalue weighted by molar-refractivity contribution is 7.98. The molecule has 0 aliphatic heterocycles. The highest BCUT2D eigenvalue weighted by atomic mass is 32.2. The monoisotopic (exact) mass is 314 g/mol. The molecule has 0 aromatic carbocycles. The van der Waals surface area contributed by atoms with Crippen molar-refractivity contribution in [3.05, 3.63) is 11.8 Å². The lowest BCUT2D eigenvalue weighted by atomic mass is 9.52. The minimum absolute atomic E-state index is 0.0227. The van der Waals surface area contributed by atoms with E-state index in [2.05, 4.69) is 0 Å². The van der Waals surface area contributed by atoms with E-state index < -0.39 is 11.0 Å². The van der Waals surface area contributed by atoms with Crippen LogP contribution in [0.25, 0.3) is 0 Å². The number of Topliss-reactive ketones (excluding diaryl/α,β-unsaturated/α-hetero) is 1. The number of ether oxygens (including phenoxy) is 3. The smallest absolute Gasteiger partial charge is 0.319 e. The van der Waals surface area contributed by atoms with Crippen LogP contribution in [0.4, 0.5) is 0 Å². The van der Waals surface area contributed by atoms with E-state index >= 15 is 0 Å². The number of thioether (sulfide) groups is 1. The zero-order chi connectivity index (χ0) is 15.8. The first kappa shape index (κ1) is 16.4. The van der Waals surface area contributed by atoms with Crippen molar-refractivity contribution in [1.29, 1.82) is 0 Å². The first-order valence-electron chi connectivity index (χ1n) is 6.84. The molecule has 6 heteroatoms. The Kier molecular flexibility index (Phi) is 4.40. The number of hydrogen-bond donors (Lipinski definition) is 0. The van der Waals surface area contributed by atoms with E-state index in [1.54, 1.807) is 31.9 Å². The number of allylic oxidation sites excluding steroid dienone is 1. The molecule has 0 aromatic rings. The second kappa shape index (κ2) is 5.65. The van der Waals surface area contributed by atoms with Crippen LogP contribution < -0.4 is 0 Å². The fraction of sp³-hybridized carbons (Fsp3) is 0.733. The van der Waals surface area contributed by atoms with Gasteiger partial charge in [0.15, 0.2) is 5.78 Å². The van der Waals surface area contributed by atoms with Gasteiger partial charge >= 0.3 is 5.97 Å². The molecule has 2 aliphatic carbocycles. The van der Waals surface area contributed by atoms with Crippen LogP contribution >= 0.6 is 11.8 Å². The van der Waals surface area contributed by atoms with Gasteiger partial charge in [-0.25, -0.2) is 0 Å². The van der Waals surface area contributed by atoms with Crippen LogP contribution in [0.15, 0.2) is 11.8 Å². The van der Waals surface area contributed by atoms with E-state index in [0.717, 1.165) is 0 Å². The van der Waals surface area contributed by atoms with Crippen LogP contribution in [0.3, 0.4) is 0 Å². The summed E-state index contributed by atoms with van der Waals surface area (Å²) < 4.78 is 15.9. The summed E-state index contributed by atoms with van der Waals surface area (Å²) in [5, 5.41) is 0. The van der Waals surface area contributed by atoms with Crippen LogP contribution in [0.5, 0.6) is 0 Å². The molecule has 0 radical (unpaired) electrons. The van der Waals surface area contributed by atoms with Crippen molar-refractivity contribution in [3.63, 3.8) is 0 Å². The second-order valence-electron chi connectivity index (χ2n) is 5.79. The molecule has 21 heavy (non-hydrogen) atoms. The van der Waals surface area contributed by atoms with Gasteiger partial charge in [-0.3, -0.25) is 9.59 Å². The minimum atomic E-state index is -0.868. The quantitative estimate of drug-likeness (QED) is 0.719. The van der Waals surface area contributed by atoms with E-state index in [1.165, 1.54) is 14.2 Å². The molecule has 2 aliphatic rings. The molecule has 0 amide bonds. The maximum atomic E-state index is 12.5. The molecule has 5 nitrogen and oxygen atoms in total. The summed E-state index contributed by atoms with van der Waals surface area (Å²) in [6.45, 7) is 1.80. The summed E-state index contributed by atoms with van der Waals surface area (Å²) in [5.74, 6) is 0.582. The molecule has 0 saturated heterocycles. The van der Waals surface area contributed by atoms with Crippen molar-refractivity contribution >= 4 is 23.5 Å². The van der Waals surface area contributed by atoms with Gasteiger partial charge in [-0.2, -0.15) is 11.8 Å². The van der Waals surface area contributed by atoms with E-state index in [1.807, 2.05) is 6.26 Å². The molecule has 0 spiro atoms. The van der Waals surface area contributed by atoms with Crippen LogP contribution in [-0.2, 0) is 23.8 Å². The average Bonchev–Trinajstić information content (AvgIpc) is 2.51. The fourth-order valence-corrected chi connectivity index (χ4v) is 4.52. The van der Waals surface area contributed by atoms with Crippen molar-refractivity contribution in [2.24, 2.45) is 17.3 Å². The lowest BCUT2D eigenvalue weighted by Crippen LogP contribution is -2.68. The highest BCUT2D eigenvalue weighted by Gasteiger charge is 2.66. The van der Waals surface area contributed by atoms with Crippen molar-refractivity contribution in [1.82, 2.24) is 0 Å². The zero-order valence-electron chi connectivity index (χ0n) is 13.1. The first-order valence-corrected chi connectivity index (χ1v) is 8.23. The molecule has 0 unspecified atom stereocenters. The van der Waals surface area contributed by atoms with Crippen molar-refractivity contribution in [2.45, 2.75) is 18.9 Å². The Balaban J connectivity index is 2.41. The molecule has 118 valence electrons. The maximum Gasteiger partial charge on any atom is 0.319 e. The van der Waals surface area contributed by atoms with Crippen LogP contribution in [0.2, 0.25) is 0 Å². The predicted molar refractivity (Wildman–Crippen MR) is 79.9 cm³/mol. The average molecular weight is 314 g/mol. The van der Waals surface area contributed by atoms with Crippen molar-refractivity contribution in [2.75, 3.05) is 33.3 Å². The van der Waals surface area contributed by atoms with Crippen LogP contribution in [0, 0.1) is 17.3 Å². The summed E-state index contributed by atoms with van der Waals surface area (Å²) in [5.41, 5.74) is -1.66. The van der Waals surface area contributed by atoms with Gasteiger partial charge in [-0.15, -0.1) is 0 Å². The number of hydrogen-bond acceptors (Lipinski definition) is 6. The van der Waals surface area contributed by atoms with Gasteiger partial charge in [-0.1, -0.05) is 0 Å². The first-order chi connectivity index (χ1) is 9.91. The van der Waals surface area contributed by atoms with E-state index in [-0.39, 0.29) is 23.6 Å². The number of ketones is 1. The van der Waals surface area contributed by atoms with Crippen LogP contribution in [0.1, 0.15) is 13.3 Å². The third kappa shape index (κ3) is 2.11. The Hall–Kier alpha value is -1.01. The molecule has 1 saturated carbocycles. The van der Waals surface area contributed by atoms with E-state index in [0.29, 0.717) is 17.9 Å². The Morgan fingerprint density at radius 1 is 1.43 bits per heavy atom. The maximum absolute atomic E-state index is 12.5. The Bertz CT molecular complexity index is 488. The summed E-state index contributed by atoms with van der Waals surface area (Å²) in [7, 11) is 4.45. The van der Waals surface area contributed by atoms with Gasteiger partial charge < -0.3 is 14.2 Å². The number of fused-ring (bicyclic) bond motifs is 1. The molecule has 1 fully saturated rings. The molecule has 4 atom stereocenters. The lowest BCUT2D eigenvalue weighted by molar-refractivity contribution is -0.184. The number of carbonyl (C=O) groups is 2. The zero-order valence-corrected chi connectivity index (χ0v) is 13.9. The Labute approximate surface area is 129 Å². The van der Waals surface area contributed by atoms with Crippen molar-refractivity contribution in [3.8, 4) is 0 Å². The van der Waals surface area contributed by atoms with Gasteiger partial charge in [-0.05, 0) is 25.7 Å². The molecule has 0 N–H and O–H groups in total. The van der Waals surface area contributed by atoms with Gasteiger partial charge in [0.1, 0.15) is 16.8 Å². The van der Waals surface area contributed by atoms with Gasteiger partial charge in [0, 0.05) is 24.7 Å². The normalized spacial score (nSPS) is 38.1. The minimum Gasteiger partial charge on any atom is -0.500 e. The molecule has 0 aromatic heterocycles. The fourth-order valence-electron chi connectivity index (χ4n) is 3.62. The summed E-state index contributed by atoms with van der Waals surface area (Å²) in [4.78, 5) is 24.7. The van der Waals surface area contributed by atoms with Crippen LogP contribution in [-0.4, -0.2) is 50.7 Å². The third-order valence-corrected chi connectivity index (χ3v) is 5.55. The number of carbonyl (C=O) groups excluding carboxylic acids is 2. The predicted octanol–water partition coefficient (Wildman–Crippen LogP) is 1.66. The number of methoxy groups -OCH3 is 3. The summed E-state index contributed by atoms with van der Waals surface area (Å²) >= 11 is 1.58. The lowest BCUT2D eigenvalue weighted by Gasteiger charge is -2.55. The number of rotatable bonds is 5. The van der Waals surface area contributed by atoms with Gasteiger partial charge in [0.05, 0.1) is 14.2 Å². The van der Waals surface area contributed by atoms with E-state index in [4.69, 9.17) is 14.2 Å². The molecule has 2 rings (SSSR count). The van der Waals surface area contributed by atoms with E-state index in [9.17, 15) is 9.59 Å². The highest BCUT2D eigenvalue weighted by Crippen LogP contribution is 2.56. The molecular formula is C15H22O5S. The van der Waals surface area contributed by atoms with Gasteiger partial charge in [0.25, 0.3) is 0 Å². The molecule has 0 heterocycles. The molecule has 0 bridgehead atoms.